The van der Waals surface area contributed by atoms with Gasteiger partial charge < -0.3 is 0 Å². The van der Waals surface area contributed by atoms with Crippen LogP contribution in [0.3, 0.4) is 0 Å². The predicted octanol–water partition coefficient (Wildman–Crippen LogP) is 2.01. The monoisotopic (exact) mass is 182 g/mol. The van der Waals surface area contributed by atoms with Gasteiger partial charge in [0.1, 0.15) is 0 Å². The molecule has 0 aliphatic heterocycles. The molecular weight excluding hydrogens is 160 g/mol. The van der Waals surface area contributed by atoms with Crippen molar-refractivity contribution in [2.75, 3.05) is 19.6 Å². The van der Waals surface area contributed by atoms with Gasteiger partial charge in [0.25, 0.3) is 0 Å². The zero-order valence-electron chi connectivity index (χ0n) is 9.14. The third-order valence-corrected chi connectivity index (χ3v) is 2.04. The number of nitrogens with zero attached hydrogens (tertiary/aromatic N) is 1. The minimum atomic E-state index is 0.270. The summed E-state index contributed by atoms with van der Waals surface area (Å²) in [6.07, 6.45) is 2.21. The predicted molar refractivity (Wildman–Crippen MR) is 59.7 cm³/mol. The molecule has 0 aromatic rings. The van der Waals surface area contributed by atoms with Crippen molar-refractivity contribution >= 4 is 0 Å². The number of likely N-dealkylation sites (N-methyl/N-ethyl adjacent to an activating group) is 1. The van der Waals surface area contributed by atoms with Gasteiger partial charge in [0.15, 0.2) is 0 Å². The van der Waals surface area contributed by atoms with Crippen LogP contribution in [0.25, 0.3) is 0 Å². The van der Waals surface area contributed by atoms with Crippen LogP contribution in [0.1, 0.15) is 20.8 Å². The van der Waals surface area contributed by atoms with Crippen molar-refractivity contribution in [2.24, 2.45) is 0 Å². The zero-order chi connectivity index (χ0) is 10.3. The van der Waals surface area contributed by atoms with Gasteiger partial charge in [-0.2, -0.15) is 0 Å². The first-order valence-corrected chi connectivity index (χ1v) is 4.90. The number of hydrogen-bond donors (Lipinski definition) is 1. The smallest absolute Gasteiger partial charge is 0.0789 e. The van der Waals surface area contributed by atoms with Gasteiger partial charge in [0.05, 0.1) is 6.17 Å². The number of nitrogens with one attached hydrogen (secondary N) is 1. The Labute approximate surface area is 82.3 Å². The summed E-state index contributed by atoms with van der Waals surface area (Å²) >= 11 is 0. The lowest BCUT2D eigenvalue weighted by Crippen LogP contribution is -2.44. The second-order valence-corrected chi connectivity index (χ2v) is 3.24. The molecule has 0 aliphatic carbocycles. The van der Waals surface area contributed by atoms with Crippen LogP contribution >= 0.6 is 0 Å². The fraction of sp³-hybridized carbons (Fsp3) is 0.636. The van der Waals surface area contributed by atoms with E-state index in [1.54, 1.807) is 0 Å². The Kier molecular flexibility index (Phi) is 6.55. The van der Waals surface area contributed by atoms with Crippen molar-refractivity contribution < 1.29 is 0 Å². The SMILES string of the molecule is C=CC(NCC(=C)C)N(CC)CC. The van der Waals surface area contributed by atoms with Crippen molar-refractivity contribution in [3.05, 3.63) is 24.8 Å². The van der Waals surface area contributed by atoms with Crippen LogP contribution in [0, 0.1) is 0 Å². The summed E-state index contributed by atoms with van der Waals surface area (Å²) in [6.45, 7) is 16.9. The van der Waals surface area contributed by atoms with Crippen molar-refractivity contribution in [3.63, 3.8) is 0 Å². The van der Waals surface area contributed by atoms with Gasteiger partial charge in [0.2, 0.25) is 0 Å². The maximum Gasteiger partial charge on any atom is 0.0789 e. The van der Waals surface area contributed by atoms with Crippen LogP contribution in [0.5, 0.6) is 0 Å². The first-order valence-electron chi connectivity index (χ1n) is 4.90. The van der Waals surface area contributed by atoms with E-state index in [4.69, 9.17) is 0 Å². The van der Waals surface area contributed by atoms with E-state index in [0.29, 0.717) is 0 Å². The lowest BCUT2D eigenvalue weighted by atomic mass is 10.3. The van der Waals surface area contributed by atoms with Crippen LogP contribution in [0.4, 0.5) is 0 Å². The molecule has 0 radical (unpaired) electrons. The molecule has 1 unspecified atom stereocenters. The Morgan fingerprint density at radius 1 is 1.46 bits per heavy atom. The molecule has 0 saturated carbocycles. The Hall–Kier alpha value is -0.600. The molecule has 0 fully saturated rings. The van der Waals surface area contributed by atoms with Crippen molar-refractivity contribution in [1.29, 1.82) is 0 Å². The molecule has 0 bridgehead atoms. The van der Waals surface area contributed by atoms with Crippen LogP contribution in [-0.2, 0) is 0 Å². The molecule has 0 saturated heterocycles. The van der Waals surface area contributed by atoms with Crippen molar-refractivity contribution in [2.45, 2.75) is 26.9 Å². The highest BCUT2D eigenvalue weighted by atomic mass is 15.3. The molecule has 13 heavy (non-hydrogen) atoms. The van der Waals surface area contributed by atoms with E-state index in [1.807, 2.05) is 13.0 Å². The van der Waals surface area contributed by atoms with E-state index in [9.17, 15) is 0 Å². The molecule has 2 nitrogen and oxygen atoms in total. The molecule has 0 aliphatic rings. The van der Waals surface area contributed by atoms with Gasteiger partial charge in [-0.3, -0.25) is 10.2 Å². The summed E-state index contributed by atoms with van der Waals surface area (Å²) in [6, 6.07) is 0. The second kappa shape index (κ2) is 6.87. The van der Waals surface area contributed by atoms with E-state index in [0.717, 1.165) is 25.2 Å². The fourth-order valence-electron chi connectivity index (χ4n) is 1.26. The standard InChI is InChI=1S/C11H22N2/c1-6-11(12-9-10(4)5)13(7-2)8-3/h6,11-12H,1,4,7-9H2,2-3,5H3. The average Bonchev–Trinajstić information content (AvgIpc) is 2.11. The highest BCUT2D eigenvalue weighted by Gasteiger charge is 2.09. The Balaban J connectivity index is 3.99. The van der Waals surface area contributed by atoms with Gasteiger partial charge in [-0.05, 0) is 20.0 Å². The molecule has 0 heterocycles. The Morgan fingerprint density at radius 2 is 2.00 bits per heavy atom. The molecule has 0 aromatic heterocycles. The largest absolute Gasteiger partial charge is 0.295 e. The molecule has 1 atom stereocenters. The number of hydrogen-bond acceptors (Lipinski definition) is 2. The molecule has 0 amide bonds. The molecular formula is C11H22N2. The van der Waals surface area contributed by atoms with Crippen LogP contribution in [0.15, 0.2) is 24.8 Å². The molecule has 0 spiro atoms. The van der Waals surface area contributed by atoms with E-state index in [1.165, 1.54) is 0 Å². The van der Waals surface area contributed by atoms with E-state index in [-0.39, 0.29) is 6.17 Å². The van der Waals surface area contributed by atoms with Crippen LogP contribution in [-0.4, -0.2) is 30.7 Å². The summed E-state index contributed by atoms with van der Waals surface area (Å²) in [5, 5.41) is 3.38. The molecule has 0 rings (SSSR count). The van der Waals surface area contributed by atoms with Gasteiger partial charge >= 0.3 is 0 Å². The second-order valence-electron chi connectivity index (χ2n) is 3.24. The van der Waals surface area contributed by atoms with E-state index < -0.39 is 0 Å². The quantitative estimate of drug-likeness (QED) is 0.478. The zero-order valence-corrected chi connectivity index (χ0v) is 9.14. The molecule has 76 valence electrons. The minimum Gasteiger partial charge on any atom is -0.295 e. The summed E-state index contributed by atoms with van der Waals surface area (Å²) < 4.78 is 0. The van der Waals surface area contributed by atoms with Crippen LogP contribution in [0.2, 0.25) is 0 Å². The summed E-state index contributed by atoms with van der Waals surface area (Å²) in [5.41, 5.74) is 1.15. The molecule has 1 N–H and O–H groups in total. The lowest BCUT2D eigenvalue weighted by Gasteiger charge is -2.27. The number of rotatable bonds is 7. The molecule has 2 heteroatoms. The maximum atomic E-state index is 3.86. The average molecular weight is 182 g/mol. The van der Waals surface area contributed by atoms with E-state index in [2.05, 4.69) is 37.2 Å². The summed E-state index contributed by atoms with van der Waals surface area (Å²) in [4.78, 5) is 2.32. The highest BCUT2D eigenvalue weighted by Crippen LogP contribution is 1.97. The maximum absolute atomic E-state index is 3.86. The van der Waals surface area contributed by atoms with Crippen LogP contribution < -0.4 is 5.32 Å². The highest BCUT2D eigenvalue weighted by molar-refractivity contribution is 4.95. The van der Waals surface area contributed by atoms with Crippen molar-refractivity contribution in [1.82, 2.24) is 10.2 Å². The third-order valence-electron chi connectivity index (χ3n) is 2.04. The topological polar surface area (TPSA) is 15.3 Å². The van der Waals surface area contributed by atoms with Crippen molar-refractivity contribution in [3.8, 4) is 0 Å². The Bertz CT molecular complexity index is 159. The normalized spacial score (nSPS) is 12.9. The Morgan fingerprint density at radius 3 is 2.31 bits per heavy atom. The van der Waals surface area contributed by atoms with Gasteiger partial charge in [0, 0.05) is 6.54 Å². The summed E-state index contributed by atoms with van der Waals surface area (Å²) in [5.74, 6) is 0. The lowest BCUT2D eigenvalue weighted by molar-refractivity contribution is 0.224. The third kappa shape index (κ3) is 4.86. The first-order chi connectivity index (χ1) is 6.15. The first kappa shape index (κ1) is 12.4. The van der Waals surface area contributed by atoms with Gasteiger partial charge in [-0.15, -0.1) is 6.58 Å². The molecule has 0 aromatic carbocycles. The van der Waals surface area contributed by atoms with Gasteiger partial charge in [-0.1, -0.05) is 32.1 Å². The summed E-state index contributed by atoms with van der Waals surface area (Å²) in [7, 11) is 0. The minimum absolute atomic E-state index is 0.270. The van der Waals surface area contributed by atoms with Gasteiger partial charge in [-0.25, -0.2) is 0 Å². The van der Waals surface area contributed by atoms with E-state index >= 15 is 0 Å². The fourth-order valence-corrected chi connectivity index (χ4v) is 1.26.